The standard InChI is InChI=1S/2C18H34O3.Pb/c2*1-2-3-4-11-14-17(19)15-12-9-7-5-6-8-10-13-16-18(20)21;/h2*9,12,17,19H,2-8,10-11,13-16H2,1H3,(H,20,21);/q;;+2/p-2/b2*12-9+;/t2*17-;/m11./s1. The normalized spacial score (nSPS) is 13.1. The van der Waals surface area contributed by atoms with E-state index in [0.29, 0.717) is 12.8 Å². The van der Waals surface area contributed by atoms with E-state index in [9.17, 15) is 19.8 Å². The van der Waals surface area contributed by atoms with Crippen LogP contribution in [-0.2, 0) is 15.0 Å². The first-order valence-electron chi connectivity index (χ1n) is 17.8. The third-order valence-corrected chi connectivity index (χ3v) is 10.2. The molecule has 6 nitrogen and oxygen atoms in total. The Balaban J connectivity index is 3.45. The second kappa shape index (κ2) is 34.1. The molecule has 0 aliphatic carbocycles. The molecule has 0 unspecified atom stereocenters. The van der Waals surface area contributed by atoms with Crippen LogP contribution < -0.4 is 0 Å². The van der Waals surface area contributed by atoms with Crippen molar-refractivity contribution in [2.45, 2.75) is 193 Å². The number of unbranched alkanes of at least 4 members (excludes halogenated alkanes) is 16. The topological polar surface area (TPSA) is 93.1 Å². The number of hydrogen-bond acceptors (Lipinski definition) is 6. The van der Waals surface area contributed by atoms with Gasteiger partial charge in [-0.3, -0.25) is 0 Å². The van der Waals surface area contributed by atoms with Gasteiger partial charge in [0.2, 0.25) is 0 Å². The summed E-state index contributed by atoms with van der Waals surface area (Å²) in [5.74, 6) is -0.439. The molecule has 43 heavy (non-hydrogen) atoms. The maximum absolute atomic E-state index is 11.9. The van der Waals surface area contributed by atoms with Crippen LogP contribution in [0.4, 0.5) is 0 Å². The first-order valence-corrected chi connectivity index (χ1v) is 21.0. The van der Waals surface area contributed by atoms with Crippen LogP contribution in [-0.4, -0.2) is 59.5 Å². The Morgan fingerprint density at radius 1 is 0.535 bits per heavy atom. The minimum Gasteiger partial charge on any atom is -0.393 e. The van der Waals surface area contributed by atoms with Gasteiger partial charge in [0.25, 0.3) is 0 Å². The summed E-state index contributed by atoms with van der Waals surface area (Å²) in [4.78, 5) is 23.8. The van der Waals surface area contributed by atoms with E-state index in [0.717, 1.165) is 116 Å². The van der Waals surface area contributed by atoms with E-state index in [4.69, 9.17) is 5.37 Å². The third-order valence-electron chi connectivity index (χ3n) is 7.75. The van der Waals surface area contributed by atoms with Crippen molar-refractivity contribution in [1.29, 1.82) is 0 Å². The summed E-state index contributed by atoms with van der Waals surface area (Å²) >= 11 is -2.09. The Kier molecular flexibility index (Phi) is 33.6. The van der Waals surface area contributed by atoms with Gasteiger partial charge >= 0.3 is 179 Å². The van der Waals surface area contributed by atoms with E-state index in [2.05, 4.69) is 38.2 Å². The van der Waals surface area contributed by atoms with Crippen molar-refractivity contribution in [1.82, 2.24) is 0 Å². The first-order chi connectivity index (χ1) is 21.0. The molecule has 0 aromatic heterocycles. The molecule has 0 aliphatic heterocycles. The van der Waals surface area contributed by atoms with Crippen molar-refractivity contribution >= 4 is 37.1 Å². The molecule has 0 saturated heterocycles. The molecule has 2 N–H and O–H groups in total. The molecule has 0 heterocycles. The molecule has 0 spiro atoms. The molecule has 2 radical (unpaired) electrons. The molecule has 7 heteroatoms. The van der Waals surface area contributed by atoms with Gasteiger partial charge in [-0.1, -0.05) is 65.2 Å². The van der Waals surface area contributed by atoms with Crippen molar-refractivity contribution in [3.63, 3.8) is 0 Å². The molecule has 0 rings (SSSR count). The summed E-state index contributed by atoms with van der Waals surface area (Å²) in [5.41, 5.74) is 0. The van der Waals surface area contributed by atoms with Gasteiger partial charge in [-0.2, -0.15) is 0 Å². The molecule has 0 bridgehead atoms. The predicted molar refractivity (Wildman–Crippen MR) is 180 cm³/mol. The van der Waals surface area contributed by atoms with E-state index < -0.39 is 25.1 Å². The van der Waals surface area contributed by atoms with Crippen LogP contribution in [0, 0.1) is 0 Å². The van der Waals surface area contributed by atoms with Gasteiger partial charge in [0.15, 0.2) is 0 Å². The minimum absolute atomic E-state index is 0.198. The Hall–Kier alpha value is -0.738. The van der Waals surface area contributed by atoms with Crippen molar-refractivity contribution in [3.05, 3.63) is 24.3 Å². The minimum atomic E-state index is -2.09. The zero-order valence-electron chi connectivity index (χ0n) is 27.9. The van der Waals surface area contributed by atoms with Gasteiger partial charge in [0.1, 0.15) is 0 Å². The summed E-state index contributed by atoms with van der Waals surface area (Å²) in [6.07, 6.45) is 34.6. The molecule has 0 aromatic rings. The van der Waals surface area contributed by atoms with E-state index in [1.807, 2.05) is 0 Å². The van der Waals surface area contributed by atoms with Gasteiger partial charge in [-0.05, 0) is 12.8 Å². The van der Waals surface area contributed by atoms with E-state index in [1.165, 1.54) is 38.5 Å². The number of carbonyl (C=O) groups is 2. The second-order valence-corrected chi connectivity index (χ2v) is 14.3. The SMILES string of the molecule is CCCCCC[C@@H](O)C/C=C/CCCCCCCC(=O)[O][Pb][O]C(=O)CCCCCCC/C=C/C[C@H](O)CCCCCC. The Morgan fingerprint density at radius 2 is 0.907 bits per heavy atom. The maximum atomic E-state index is 11.9. The van der Waals surface area contributed by atoms with Crippen LogP contribution >= 0.6 is 0 Å². The second-order valence-electron chi connectivity index (χ2n) is 12.1. The van der Waals surface area contributed by atoms with Crippen molar-refractivity contribution < 1.29 is 25.2 Å². The molecule has 0 fully saturated rings. The molecular formula is C36H66O6Pb. The number of hydrogen-bond donors (Lipinski definition) is 2. The summed E-state index contributed by atoms with van der Waals surface area (Å²) in [6.45, 7) is 4.41. The van der Waals surface area contributed by atoms with E-state index in [-0.39, 0.29) is 24.1 Å². The summed E-state index contributed by atoms with van der Waals surface area (Å²) in [5, 5.41) is 20.0. The smallest absolute Gasteiger partial charge is 0.393 e. The number of allylic oxidation sites excluding steroid dienone is 2. The molecule has 2 atom stereocenters. The summed E-state index contributed by atoms with van der Waals surface area (Å²) in [6, 6.07) is 0. The first kappa shape index (κ1) is 42.3. The number of aliphatic hydroxyl groups excluding tert-OH is 2. The van der Waals surface area contributed by atoms with Crippen molar-refractivity contribution in [2.24, 2.45) is 0 Å². The number of carbonyl (C=O) groups excluding carboxylic acids is 2. The molecule has 0 aromatic carbocycles. The van der Waals surface area contributed by atoms with Gasteiger partial charge in [0, 0.05) is 0 Å². The molecule has 250 valence electrons. The fourth-order valence-corrected chi connectivity index (χ4v) is 6.61. The van der Waals surface area contributed by atoms with Gasteiger partial charge in [-0.15, -0.1) is 0 Å². The number of aliphatic hydroxyl groups is 2. The zero-order valence-corrected chi connectivity index (χ0v) is 31.8. The van der Waals surface area contributed by atoms with Crippen LogP contribution in [0.1, 0.15) is 181 Å². The van der Waals surface area contributed by atoms with Crippen LogP contribution in [0.5, 0.6) is 0 Å². The molecule has 0 amide bonds. The van der Waals surface area contributed by atoms with Crippen LogP contribution in [0.25, 0.3) is 0 Å². The van der Waals surface area contributed by atoms with Crippen LogP contribution in [0.15, 0.2) is 24.3 Å². The number of rotatable bonds is 32. The van der Waals surface area contributed by atoms with E-state index in [1.54, 1.807) is 0 Å². The fourth-order valence-electron chi connectivity index (χ4n) is 4.93. The fraction of sp³-hybridized carbons (Fsp3) is 0.833. The monoisotopic (exact) mass is 802 g/mol. The van der Waals surface area contributed by atoms with Crippen molar-refractivity contribution in [3.8, 4) is 0 Å². The van der Waals surface area contributed by atoms with Crippen molar-refractivity contribution in [2.75, 3.05) is 0 Å². The molecular weight excluding hydrogens is 736 g/mol. The Labute approximate surface area is 278 Å². The predicted octanol–water partition coefficient (Wildman–Crippen LogP) is 9.62. The molecule has 0 aliphatic rings. The van der Waals surface area contributed by atoms with Crippen LogP contribution in [0.3, 0.4) is 0 Å². The molecule has 0 saturated carbocycles. The average molecular weight is 802 g/mol. The summed E-state index contributed by atoms with van der Waals surface area (Å²) in [7, 11) is 0. The quantitative estimate of drug-likeness (QED) is 0.0400. The third kappa shape index (κ3) is 34.0. The van der Waals surface area contributed by atoms with Gasteiger partial charge < -0.3 is 10.2 Å². The van der Waals surface area contributed by atoms with Gasteiger partial charge in [-0.25, -0.2) is 0 Å². The Bertz CT molecular complexity index is 625. The average Bonchev–Trinajstić information content (AvgIpc) is 2.99. The Morgan fingerprint density at radius 3 is 1.33 bits per heavy atom. The van der Waals surface area contributed by atoms with Crippen LogP contribution in [0.2, 0.25) is 0 Å². The zero-order chi connectivity index (χ0) is 31.6. The van der Waals surface area contributed by atoms with Gasteiger partial charge in [0.05, 0.1) is 12.2 Å². The van der Waals surface area contributed by atoms with E-state index >= 15 is 0 Å². The summed E-state index contributed by atoms with van der Waals surface area (Å²) < 4.78 is 10.5.